The molecule has 16 heteroatoms. The van der Waals surface area contributed by atoms with E-state index in [0.29, 0.717) is 37.3 Å². The number of aliphatic imine (C=N–C) groups is 1. The Labute approximate surface area is 206 Å². The van der Waals surface area contributed by atoms with Crippen LogP contribution in [0.3, 0.4) is 0 Å². The Morgan fingerprint density at radius 3 is 2.56 bits per heavy atom. The summed E-state index contributed by atoms with van der Waals surface area (Å²) < 4.78 is 83.2. The van der Waals surface area contributed by atoms with Gasteiger partial charge in [0.15, 0.2) is 11.0 Å². The Bertz CT molecular complexity index is 1000. The summed E-state index contributed by atoms with van der Waals surface area (Å²) in [6.07, 6.45) is -6.59. The van der Waals surface area contributed by atoms with E-state index in [-0.39, 0.29) is 30.3 Å². The summed E-state index contributed by atoms with van der Waals surface area (Å²) in [6.45, 7) is 1.85. The highest BCUT2D eigenvalue weighted by atomic mass is 32.1. The fourth-order valence-electron chi connectivity index (χ4n) is 3.76. The van der Waals surface area contributed by atoms with Gasteiger partial charge in [-0.2, -0.15) is 31.4 Å². The van der Waals surface area contributed by atoms with Crippen molar-refractivity contribution in [1.82, 2.24) is 15.3 Å². The van der Waals surface area contributed by atoms with Crippen LogP contribution in [0.15, 0.2) is 16.3 Å². The van der Waals surface area contributed by atoms with Crippen LogP contribution in [0.25, 0.3) is 0 Å². The highest BCUT2D eigenvalue weighted by molar-refractivity contribution is 7.15. The molecule has 0 aliphatic carbocycles. The number of nitrogens with one attached hydrogen (secondary N) is 1. The Hall–Kier alpha value is -2.75. The molecule has 3 rings (SSSR count). The standard InChI is InChI=1S/C20H24F6N6O3S/c1-11(29-13-7-28-30-17(34)16(13)20(24,25)26)9-35-10-15(33)31(2)12-3-5-32(6-4-12)18-27-8-14(36-18)19(21,22)23/h7-8,11-12,16H,3-6,9-10H2,1-2H3,(H,30,34)/t11-,16?/m0/s1. The number of hydrogen-bond donors (Lipinski definition) is 1. The molecule has 2 atom stereocenters. The highest BCUT2D eigenvalue weighted by Gasteiger charge is 2.49. The van der Waals surface area contributed by atoms with E-state index >= 15 is 0 Å². The van der Waals surface area contributed by atoms with E-state index in [0.717, 1.165) is 12.4 Å². The van der Waals surface area contributed by atoms with Gasteiger partial charge in [-0.15, -0.1) is 0 Å². The largest absolute Gasteiger partial charge is 0.427 e. The van der Waals surface area contributed by atoms with Gasteiger partial charge in [-0.3, -0.25) is 14.6 Å². The second kappa shape index (κ2) is 11.1. The second-order valence-electron chi connectivity index (χ2n) is 8.35. The van der Waals surface area contributed by atoms with E-state index in [9.17, 15) is 35.9 Å². The number of rotatable bonds is 7. The zero-order valence-corrected chi connectivity index (χ0v) is 20.1. The van der Waals surface area contributed by atoms with Crippen LogP contribution < -0.4 is 10.3 Å². The molecule has 0 spiro atoms. The number of alkyl halides is 6. The highest BCUT2D eigenvalue weighted by Crippen LogP contribution is 2.37. The molecule has 0 aromatic carbocycles. The van der Waals surface area contributed by atoms with Gasteiger partial charge in [-0.05, 0) is 19.8 Å². The van der Waals surface area contributed by atoms with E-state index in [2.05, 4.69) is 15.1 Å². The van der Waals surface area contributed by atoms with E-state index in [1.54, 1.807) is 17.4 Å². The molecular weight excluding hydrogens is 518 g/mol. The summed E-state index contributed by atoms with van der Waals surface area (Å²) in [5.41, 5.74) is 1.22. The van der Waals surface area contributed by atoms with Crippen LogP contribution in [0.4, 0.5) is 31.5 Å². The lowest BCUT2D eigenvalue weighted by atomic mass is 10.0. The number of ether oxygens (including phenoxy) is 1. The maximum absolute atomic E-state index is 13.1. The smallest absolute Gasteiger partial charge is 0.369 e. The van der Waals surface area contributed by atoms with Crippen LogP contribution in [-0.4, -0.2) is 85.2 Å². The first-order valence-electron chi connectivity index (χ1n) is 10.9. The van der Waals surface area contributed by atoms with Crippen molar-refractivity contribution in [3.8, 4) is 0 Å². The third-order valence-corrected chi connectivity index (χ3v) is 6.76. The fraction of sp³-hybridized carbons (Fsp3) is 0.650. The number of halogens is 6. The summed E-state index contributed by atoms with van der Waals surface area (Å²) in [5, 5.41) is 3.64. The first-order chi connectivity index (χ1) is 16.8. The zero-order chi connectivity index (χ0) is 26.7. The van der Waals surface area contributed by atoms with Gasteiger partial charge in [0, 0.05) is 26.2 Å². The quantitative estimate of drug-likeness (QED) is 0.535. The van der Waals surface area contributed by atoms with Gasteiger partial charge in [0.25, 0.3) is 5.91 Å². The van der Waals surface area contributed by atoms with Crippen molar-refractivity contribution in [2.24, 2.45) is 16.0 Å². The summed E-state index contributed by atoms with van der Waals surface area (Å²) >= 11 is 0.576. The lowest BCUT2D eigenvalue weighted by Crippen LogP contribution is -2.47. The van der Waals surface area contributed by atoms with Gasteiger partial charge in [-0.25, -0.2) is 10.4 Å². The third kappa shape index (κ3) is 6.93. The first-order valence-corrected chi connectivity index (χ1v) is 11.7. The Balaban J connectivity index is 1.45. The van der Waals surface area contributed by atoms with E-state index in [1.807, 2.05) is 0 Å². The van der Waals surface area contributed by atoms with Gasteiger partial charge in [0.05, 0.1) is 30.8 Å². The van der Waals surface area contributed by atoms with Crippen molar-refractivity contribution >= 4 is 40.2 Å². The molecule has 2 aliphatic heterocycles. The van der Waals surface area contributed by atoms with Gasteiger partial charge < -0.3 is 14.5 Å². The van der Waals surface area contributed by atoms with E-state index in [4.69, 9.17) is 4.74 Å². The molecule has 1 unspecified atom stereocenters. The number of thiazole rings is 1. The predicted molar refractivity (Wildman–Crippen MR) is 119 cm³/mol. The minimum absolute atomic E-state index is 0.151. The number of aromatic nitrogens is 1. The van der Waals surface area contributed by atoms with E-state index < -0.39 is 40.8 Å². The number of amides is 2. The van der Waals surface area contributed by atoms with Gasteiger partial charge >= 0.3 is 12.4 Å². The van der Waals surface area contributed by atoms with Crippen molar-refractivity contribution in [3.05, 3.63) is 11.1 Å². The van der Waals surface area contributed by atoms with Crippen molar-refractivity contribution in [3.63, 3.8) is 0 Å². The van der Waals surface area contributed by atoms with Gasteiger partial charge in [0.1, 0.15) is 11.5 Å². The van der Waals surface area contributed by atoms with Crippen molar-refractivity contribution in [2.75, 3.05) is 38.3 Å². The number of piperidine rings is 1. The predicted octanol–water partition coefficient (Wildman–Crippen LogP) is 2.73. The molecule has 2 aliphatic rings. The topological polar surface area (TPSA) is 99.5 Å². The Kier molecular flexibility index (Phi) is 8.59. The lowest BCUT2D eigenvalue weighted by molar-refractivity contribution is -0.168. The summed E-state index contributed by atoms with van der Waals surface area (Å²) in [5.74, 6) is -4.11. The molecule has 3 heterocycles. The molecule has 1 aromatic heterocycles. The number of anilines is 1. The Morgan fingerprint density at radius 1 is 1.31 bits per heavy atom. The number of carbonyl (C=O) groups is 2. The van der Waals surface area contributed by atoms with Crippen LogP contribution in [0.1, 0.15) is 24.6 Å². The molecule has 1 fully saturated rings. The SMILES string of the molecule is C[C@@H](COCC(=O)N(C)C1CCN(c2ncc(C(F)(F)F)s2)CC1)N=C1C=NNC(=O)C1C(F)(F)F. The van der Waals surface area contributed by atoms with Crippen LogP contribution in [0, 0.1) is 5.92 Å². The minimum atomic E-state index is -4.83. The molecular formula is C20H24F6N6O3S. The average Bonchev–Trinajstić information content (AvgIpc) is 3.29. The number of likely N-dealkylation sites (N-methyl/N-ethyl adjacent to an activating group) is 1. The number of hydrazone groups is 1. The van der Waals surface area contributed by atoms with Crippen LogP contribution in [0.2, 0.25) is 0 Å². The maximum atomic E-state index is 13.1. The average molecular weight is 543 g/mol. The molecule has 1 aromatic rings. The van der Waals surface area contributed by atoms with E-state index in [1.165, 1.54) is 11.8 Å². The lowest BCUT2D eigenvalue weighted by Gasteiger charge is -2.36. The number of hydrogen-bond acceptors (Lipinski definition) is 8. The summed E-state index contributed by atoms with van der Waals surface area (Å²) in [6, 6.07) is -0.926. The molecule has 0 saturated carbocycles. The molecule has 0 radical (unpaired) electrons. The van der Waals surface area contributed by atoms with Crippen molar-refractivity contribution in [2.45, 2.75) is 44.2 Å². The summed E-state index contributed by atoms with van der Waals surface area (Å²) in [7, 11) is 1.59. The maximum Gasteiger partial charge on any atom is 0.427 e. The minimum Gasteiger partial charge on any atom is -0.369 e. The number of carbonyl (C=O) groups excluding carboxylic acids is 2. The van der Waals surface area contributed by atoms with Gasteiger partial charge in [-0.1, -0.05) is 11.3 Å². The Morgan fingerprint density at radius 2 is 1.97 bits per heavy atom. The molecule has 0 bridgehead atoms. The van der Waals surface area contributed by atoms with Crippen LogP contribution >= 0.6 is 11.3 Å². The number of nitrogens with zero attached hydrogens (tertiary/aromatic N) is 5. The molecule has 2 amide bonds. The zero-order valence-electron chi connectivity index (χ0n) is 19.3. The van der Waals surface area contributed by atoms with Crippen molar-refractivity contribution in [1.29, 1.82) is 0 Å². The first kappa shape index (κ1) is 27.8. The van der Waals surface area contributed by atoms with Gasteiger partial charge in [0.2, 0.25) is 5.91 Å². The normalized spacial score (nSPS) is 21.6. The third-order valence-electron chi connectivity index (χ3n) is 5.66. The monoisotopic (exact) mass is 542 g/mol. The molecule has 1 saturated heterocycles. The van der Waals surface area contributed by atoms with Crippen molar-refractivity contribution < 1.29 is 40.7 Å². The second-order valence-corrected chi connectivity index (χ2v) is 9.36. The molecule has 1 N–H and O–H groups in total. The molecule has 200 valence electrons. The van der Waals surface area contributed by atoms with Crippen LogP contribution in [0.5, 0.6) is 0 Å². The summed E-state index contributed by atoms with van der Waals surface area (Å²) in [4.78, 5) is 34.2. The fourth-order valence-corrected chi connectivity index (χ4v) is 4.60. The molecule has 9 nitrogen and oxygen atoms in total. The van der Waals surface area contributed by atoms with Crippen LogP contribution in [-0.2, 0) is 20.5 Å². The molecule has 36 heavy (non-hydrogen) atoms.